The summed E-state index contributed by atoms with van der Waals surface area (Å²) in [6, 6.07) is 10.9. The number of hydrogen-bond donors (Lipinski definition) is 3. The van der Waals surface area contributed by atoms with Crippen LogP contribution >= 0.6 is 0 Å². The molecule has 3 atom stereocenters. The van der Waals surface area contributed by atoms with Gasteiger partial charge in [0.2, 0.25) is 0 Å². The molecule has 2 amide bonds. The number of fused-ring (bicyclic) bond motifs is 3. The number of aromatic nitrogens is 2. The first kappa shape index (κ1) is 26.5. The zero-order valence-electron chi connectivity index (χ0n) is 21.5. The van der Waals surface area contributed by atoms with Gasteiger partial charge < -0.3 is 25.2 Å². The van der Waals surface area contributed by atoms with Gasteiger partial charge in [-0.2, -0.15) is 5.10 Å². The fourth-order valence-electron chi connectivity index (χ4n) is 5.42. The molecule has 5 rings (SSSR count). The van der Waals surface area contributed by atoms with Gasteiger partial charge in [0.1, 0.15) is 0 Å². The Morgan fingerprint density at radius 2 is 1.77 bits per heavy atom. The van der Waals surface area contributed by atoms with Crippen LogP contribution in [0.2, 0.25) is 0 Å². The van der Waals surface area contributed by atoms with Gasteiger partial charge in [0.05, 0.1) is 60.2 Å². The molecule has 0 spiro atoms. The van der Waals surface area contributed by atoms with Crippen LogP contribution in [0.3, 0.4) is 0 Å². The van der Waals surface area contributed by atoms with E-state index in [1.807, 2.05) is 11.8 Å². The quantitative estimate of drug-likeness (QED) is 0.393. The Hall–Kier alpha value is -4.09. The molecule has 204 valence electrons. The van der Waals surface area contributed by atoms with Crippen molar-refractivity contribution < 1.29 is 29.3 Å². The number of rotatable bonds is 8. The minimum absolute atomic E-state index is 0.0260. The number of ether oxygens (including phenoxy) is 1. The summed E-state index contributed by atoms with van der Waals surface area (Å²) in [5, 5.41) is 27.8. The van der Waals surface area contributed by atoms with Gasteiger partial charge in [-0.25, -0.2) is 9.48 Å². The molecule has 2 saturated heterocycles. The molecule has 0 saturated carbocycles. The zero-order chi connectivity index (χ0) is 27.7. The van der Waals surface area contributed by atoms with Gasteiger partial charge in [0.15, 0.2) is 0 Å². The maximum Gasteiger partial charge on any atom is 0.336 e. The van der Waals surface area contributed by atoms with E-state index in [9.17, 15) is 29.4 Å². The second-order valence-electron chi connectivity index (χ2n) is 9.90. The average molecular weight is 535 g/mol. The molecule has 0 radical (unpaired) electrons. The van der Waals surface area contributed by atoms with E-state index in [2.05, 4.69) is 10.4 Å². The molecule has 3 aromatic rings. The van der Waals surface area contributed by atoms with Crippen molar-refractivity contribution in [3.05, 3.63) is 75.2 Å². The fraction of sp³-hybridized carbons (Fsp3) is 0.393. The highest BCUT2D eigenvalue weighted by molar-refractivity contribution is 6.04. The number of carbonyl (C=O) groups excluding carboxylic acids is 2. The monoisotopic (exact) mass is 534 g/mol. The number of nitrogens with one attached hydrogen (secondary N) is 1. The first-order chi connectivity index (χ1) is 18.8. The highest BCUT2D eigenvalue weighted by Crippen LogP contribution is 2.31. The van der Waals surface area contributed by atoms with E-state index in [1.165, 1.54) is 18.2 Å². The molecular weight excluding hydrogens is 504 g/mol. The third-order valence-electron chi connectivity index (χ3n) is 7.38. The highest BCUT2D eigenvalue weighted by Gasteiger charge is 2.40. The van der Waals surface area contributed by atoms with Crippen molar-refractivity contribution >= 4 is 28.6 Å². The highest BCUT2D eigenvalue weighted by atomic mass is 16.5. The van der Waals surface area contributed by atoms with Gasteiger partial charge in [-0.05, 0) is 49.6 Å². The van der Waals surface area contributed by atoms with Crippen LogP contribution in [0.4, 0.5) is 0 Å². The number of hydrogen-bond acceptors (Lipinski definition) is 7. The van der Waals surface area contributed by atoms with Crippen molar-refractivity contribution in [2.45, 2.75) is 50.9 Å². The Labute approximate surface area is 224 Å². The van der Waals surface area contributed by atoms with Crippen LogP contribution in [-0.2, 0) is 17.7 Å². The fourth-order valence-corrected chi connectivity index (χ4v) is 5.42. The van der Waals surface area contributed by atoms with Gasteiger partial charge in [-0.15, -0.1) is 0 Å². The molecule has 2 aromatic carbocycles. The van der Waals surface area contributed by atoms with Crippen molar-refractivity contribution in [3.8, 4) is 0 Å². The molecule has 11 heteroatoms. The van der Waals surface area contributed by atoms with E-state index >= 15 is 0 Å². The lowest BCUT2D eigenvalue weighted by atomic mass is 10.0. The Kier molecular flexibility index (Phi) is 7.45. The van der Waals surface area contributed by atoms with E-state index in [1.54, 1.807) is 24.3 Å². The summed E-state index contributed by atoms with van der Waals surface area (Å²) in [5.74, 6) is -1.96. The number of aromatic carboxylic acids is 1. The zero-order valence-corrected chi connectivity index (χ0v) is 21.5. The van der Waals surface area contributed by atoms with Gasteiger partial charge in [0, 0.05) is 17.5 Å². The third-order valence-corrected chi connectivity index (χ3v) is 7.38. The van der Waals surface area contributed by atoms with Crippen molar-refractivity contribution in [1.29, 1.82) is 0 Å². The maximum atomic E-state index is 13.4. The number of amides is 2. The van der Waals surface area contributed by atoms with E-state index < -0.39 is 23.5 Å². The molecule has 2 fully saturated rings. The van der Waals surface area contributed by atoms with Gasteiger partial charge in [0.25, 0.3) is 17.4 Å². The number of carbonyl (C=O) groups is 3. The molecule has 3 N–H and O–H groups in total. The number of nitrogens with zero attached hydrogens (tertiary/aromatic N) is 3. The number of aliphatic hydroxyl groups is 1. The summed E-state index contributed by atoms with van der Waals surface area (Å²) >= 11 is 0. The lowest BCUT2D eigenvalue weighted by Gasteiger charge is -2.34. The largest absolute Gasteiger partial charge is 0.478 e. The van der Waals surface area contributed by atoms with Crippen LogP contribution in [0.15, 0.2) is 47.3 Å². The minimum Gasteiger partial charge on any atom is -0.478 e. The molecule has 0 aliphatic carbocycles. The van der Waals surface area contributed by atoms with Crippen LogP contribution in [-0.4, -0.2) is 80.6 Å². The molecule has 3 unspecified atom stereocenters. The predicted octanol–water partition coefficient (Wildman–Crippen LogP) is 1.45. The van der Waals surface area contributed by atoms with E-state index in [-0.39, 0.29) is 42.2 Å². The number of carboxylic acids is 1. The second-order valence-corrected chi connectivity index (χ2v) is 9.90. The molecular formula is C28H30N4O7. The summed E-state index contributed by atoms with van der Waals surface area (Å²) in [4.78, 5) is 52.4. The molecule has 11 nitrogen and oxygen atoms in total. The van der Waals surface area contributed by atoms with Gasteiger partial charge >= 0.3 is 5.97 Å². The normalized spacial score (nSPS) is 19.2. The van der Waals surface area contributed by atoms with Crippen molar-refractivity contribution in [2.75, 3.05) is 19.8 Å². The minimum atomic E-state index is -1.23. The van der Waals surface area contributed by atoms with Gasteiger partial charge in [-0.1, -0.05) is 19.1 Å². The summed E-state index contributed by atoms with van der Waals surface area (Å²) < 4.78 is 6.75. The smallest absolute Gasteiger partial charge is 0.336 e. The SMILES string of the molecule is CCc1nn(CC(O)CNC(=O)c2ccccc2C(=O)O)c(=O)c2ccc(C(=O)N3C4CCC3COC4)cc12. The van der Waals surface area contributed by atoms with E-state index in [0.717, 1.165) is 17.5 Å². The lowest BCUT2D eigenvalue weighted by Crippen LogP contribution is -2.49. The molecule has 2 aliphatic heterocycles. The van der Waals surface area contributed by atoms with E-state index in [4.69, 9.17) is 4.74 Å². The first-order valence-electron chi connectivity index (χ1n) is 13.0. The predicted molar refractivity (Wildman–Crippen MR) is 141 cm³/mol. The lowest BCUT2D eigenvalue weighted by molar-refractivity contribution is -0.00715. The van der Waals surface area contributed by atoms with Crippen LogP contribution in [0.5, 0.6) is 0 Å². The third kappa shape index (κ3) is 5.15. The molecule has 2 aliphatic rings. The van der Waals surface area contributed by atoms with Crippen LogP contribution in [0.1, 0.15) is 56.5 Å². The average Bonchev–Trinajstić information content (AvgIpc) is 3.19. The molecule has 1 aromatic heterocycles. The Bertz CT molecular complexity index is 1490. The van der Waals surface area contributed by atoms with Crippen molar-refractivity contribution in [3.63, 3.8) is 0 Å². The number of carboxylic acid groups (broad SMARTS) is 1. The maximum absolute atomic E-state index is 13.4. The van der Waals surface area contributed by atoms with Crippen LogP contribution < -0.4 is 10.9 Å². The molecule has 2 bridgehead atoms. The van der Waals surface area contributed by atoms with Crippen molar-refractivity contribution in [2.24, 2.45) is 0 Å². The molecule has 3 heterocycles. The van der Waals surface area contributed by atoms with E-state index in [0.29, 0.717) is 41.7 Å². The Morgan fingerprint density at radius 1 is 1.08 bits per heavy atom. The van der Waals surface area contributed by atoms with Crippen molar-refractivity contribution in [1.82, 2.24) is 20.0 Å². The Morgan fingerprint density at radius 3 is 2.44 bits per heavy atom. The first-order valence-corrected chi connectivity index (χ1v) is 13.0. The molecule has 39 heavy (non-hydrogen) atoms. The van der Waals surface area contributed by atoms with Crippen LogP contribution in [0.25, 0.3) is 10.8 Å². The summed E-state index contributed by atoms with van der Waals surface area (Å²) in [6.07, 6.45) is 1.18. The summed E-state index contributed by atoms with van der Waals surface area (Å²) in [6.45, 7) is 2.58. The Balaban J connectivity index is 1.33. The number of benzene rings is 2. The van der Waals surface area contributed by atoms with Gasteiger partial charge in [-0.3, -0.25) is 14.4 Å². The topological polar surface area (TPSA) is 151 Å². The number of morpholine rings is 1. The number of aryl methyl sites for hydroxylation is 1. The number of aliphatic hydroxyl groups excluding tert-OH is 1. The summed E-state index contributed by atoms with van der Waals surface area (Å²) in [7, 11) is 0. The standard InChI is InChI=1S/C28H30N4O7/c1-2-24-23-11-16(26(35)32-17-8-9-18(32)15-39-14-17)7-10-21(23)27(36)31(30-24)13-19(33)12-29-25(34)20-5-3-4-6-22(20)28(37)38/h3-7,10-11,17-19,33H,2,8-9,12-15H2,1H3,(H,29,34)(H,37,38). The van der Waals surface area contributed by atoms with Crippen LogP contribution in [0, 0.1) is 0 Å². The summed E-state index contributed by atoms with van der Waals surface area (Å²) in [5.41, 5.74) is 0.509. The second kappa shape index (κ2) is 11.0.